The molecule has 7 nitrogen and oxygen atoms in total. The lowest BCUT2D eigenvalue weighted by Gasteiger charge is -2.19. The molecular weight excluding hydrogens is 358 g/mol. The van der Waals surface area contributed by atoms with E-state index in [1.54, 1.807) is 18.5 Å². The van der Waals surface area contributed by atoms with Crippen LogP contribution >= 0.6 is 11.3 Å². The first-order valence-electron chi connectivity index (χ1n) is 8.56. The molecule has 1 aliphatic heterocycles. The second-order valence-corrected chi connectivity index (χ2v) is 7.00. The van der Waals surface area contributed by atoms with Gasteiger partial charge in [0.25, 0.3) is 0 Å². The maximum Gasteiger partial charge on any atom is 0.222 e. The maximum atomic E-state index is 9.70. The molecule has 3 heterocycles. The van der Waals surface area contributed by atoms with Crippen LogP contribution in [0.15, 0.2) is 53.8 Å². The SMILES string of the molecule is N#CC(c1ccnc(NCCN2C=CC=NC2)n1)c1nc2ccccc2s1. The summed E-state index contributed by atoms with van der Waals surface area (Å²) in [7, 11) is 0. The smallest absolute Gasteiger partial charge is 0.222 e. The number of nitrogens with one attached hydrogen (secondary N) is 1. The van der Waals surface area contributed by atoms with Crippen molar-refractivity contribution in [1.82, 2.24) is 19.9 Å². The summed E-state index contributed by atoms with van der Waals surface area (Å²) < 4.78 is 1.07. The normalized spacial score (nSPS) is 14.3. The molecule has 0 amide bonds. The molecule has 8 heteroatoms. The Labute approximate surface area is 160 Å². The highest BCUT2D eigenvalue weighted by Crippen LogP contribution is 2.30. The first-order valence-corrected chi connectivity index (χ1v) is 9.38. The predicted octanol–water partition coefficient (Wildman–Crippen LogP) is 3.01. The summed E-state index contributed by atoms with van der Waals surface area (Å²) in [4.78, 5) is 19.7. The average molecular weight is 375 g/mol. The van der Waals surface area contributed by atoms with Gasteiger partial charge in [-0.1, -0.05) is 12.1 Å². The third kappa shape index (κ3) is 3.93. The molecule has 3 aromatic rings. The van der Waals surface area contributed by atoms with Crippen LogP contribution < -0.4 is 5.32 Å². The van der Waals surface area contributed by atoms with Crippen molar-refractivity contribution in [3.8, 4) is 6.07 Å². The number of anilines is 1. The molecule has 1 atom stereocenters. The van der Waals surface area contributed by atoms with E-state index in [4.69, 9.17) is 0 Å². The minimum absolute atomic E-state index is 0.509. The van der Waals surface area contributed by atoms with Gasteiger partial charge in [0, 0.05) is 31.7 Å². The highest BCUT2D eigenvalue weighted by molar-refractivity contribution is 7.18. The first kappa shape index (κ1) is 17.1. The molecule has 134 valence electrons. The Bertz CT molecular complexity index is 1000. The molecule has 0 spiro atoms. The molecule has 0 bridgehead atoms. The third-order valence-electron chi connectivity index (χ3n) is 4.09. The zero-order valence-corrected chi connectivity index (χ0v) is 15.3. The monoisotopic (exact) mass is 375 g/mol. The Morgan fingerprint density at radius 3 is 3.00 bits per heavy atom. The zero-order valence-electron chi connectivity index (χ0n) is 14.5. The van der Waals surface area contributed by atoms with E-state index in [-0.39, 0.29) is 0 Å². The fourth-order valence-electron chi connectivity index (χ4n) is 2.76. The third-order valence-corrected chi connectivity index (χ3v) is 5.19. The van der Waals surface area contributed by atoms with Crippen molar-refractivity contribution < 1.29 is 0 Å². The second kappa shape index (κ2) is 7.93. The number of hydrogen-bond donors (Lipinski definition) is 1. The molecule has 0 saturated heterocycles. The Hall–Kier alpha value is -3.31. The van der Waals surface area contributed by atoms with Gasteiger partial charge in [-0.15, -0.1) is 11.3 Å². The van der Waals surface area contributed by atoms with Crippen LogP contribution in [-0.4, -0.2) is 45.8 Å². The van der Waals surface area contributed by atoms with Gasteiger partial charge in [0.2, 0.25) is 5.95 Å². The van der Waals surface area contributed by atoms with Crippen LogP contribution in [0.5, 0.6) is 0 Å². The van der Waals surface area contributed by atoms with Crippen LogP contribution in [0.2, 0.25) is 0 Å². The molecule has 1 N–H and O–H groups in total. The molecule has 0 aliphatic carbocycles. The van der Waals surface area contributed by atoms with Gasteiger partial charge in [-0.05, 0) is 24.3 Å². The Morgan fingerprint density at radius 1 is 1.26 bits per heavy atom. The molecule has 0 saturated carbocycles. The standard InChI is InChI=1S/C19H17N7S/c20-12-14(18-24-16-4-1-2-5-17(16)27-18)15-6-8-22-19(25-15)23-9-11-26-10-3-7-21-13-26/h1-8,10,14H,9,11,13H2,(H,22,23,25). The van der Waals surface area contributed by atoms with Crippen LogP contribution in [0.4, 0.5) is 5.95 Å². The van der Waals surface area contributed by atoms with Gasteiger partial charge in [-0.3, -0.25) is 4.99 Å². The molecule has 2 aromatic heterocycles. The lowest BCUT2D eigenvalue weighted by atomic mass is 10.1. The van der Waals surface area contributed by atoms with E-state index < -0.39 is 5.92 Å². The van der Waals surface area contributed by atoms with Crippen molar-refractivity contribution in [3.05, 3.63) is 59.5 Å². The molecular formula is C19H17N7S. The summed E-state index contributed by atoms with van der Waals surface area (Å²) in [6, 6.07) is 12.0. The van der Waals surface area contributed by atoms with Crippen molar-refractivity contribution in [2.45, 2.75) is 5.92 Å². The van der Waals surface area contributed by atoms with Crippen LogP contribution in [0.25, 0.3) is 10.2 Å². The van der Waals surface area contributed by atoms with E-state index in [2.05, 4.69) is 36.2 Å². The van der Waals surface area contributed by atoms with Crippen molar-refractivity contribution in [2.24, 2.45) is 4.99 Å². The van der Waals surface area contributed by atoms with Gasteiger partial charge in [0.1, 0.15) is 17.6 Å². The zero-order chi connectivity index (χ0) is 18.5. The summed E-state index contributed by atoms with van der Waals surface area (Å²) in [5.41, 5.74) is 1.55. The number of aromatic nitrogens is 3. The van der Waals surface area contributed by atoms with Crippen molar-refractivity contribution in [3.63, 3.8) is 0 Å². The van der Waals surface area contributed by atoms with Crippen LogP contribution in [-0.2, 0) is 0 Å². The van der Waals surface area contributed by atoms with Crippen molar-refractivity contribution in [1.29, 1.82) is 5.26 Å². The minimum atomic E-state index is -0.509. The molecule has 27 heavy (non-hydrogen) atoms. The number of benzene rings is 1. The van der Waals surface area contributed by atoms with Crippen LogP contribution in [0.1, 0.15) is 16.6 Å². The summed E-state index contributed by atoms with van der Waals surface area (Å²) >= 11 is 1.53. The van der Waals surface area contributed by atoms with E-state index >= 15 is 0 Å². The Balaban J connectivity index is 1.47. The van der Waals surface area contributed by atoms with Crippen molar-refractivity contribution >= 4 is 33.7 Å². The van der Waals surface area contributed by atoms with Gasteiger partial charge < -0.3 is 10.2 Å². The Morgan fingerprint density at radius 2 is 2.19 bits per heavy atom. The van der Waals surface area contributed by atoms with Crippen LogP contribution in [0.3, 0.4) is 0 Å². The highest BCUT2D eigenvalue weighted by atomic mass is 32.1. The molecule has 4 rings (SSSR count). The highest BCUT2D eigenvalue weighted by Gasteiger charge is 2.20. The number of nitriles is 1. The summed E-state index contributed by atoms with van der Waals surface area (Å²) in [6.45, 7) is 2.13. The van der Waals surface area contributed by atoms with Gasteiger partial charge in [-0.2, -0.15) is 5.26 Å². The lowest BCUT2D eigenvalue weighted by molar-refractivity contribution is 0.400. The van der Waals surface area contributed by atoms with Gasteiger partial charge >= 0.3 is 0 Å². The Kier molecular flexibility index (Phi) is 5.03. The van der Waals surface area contributed by atoms with E-state index in [0.717, 1.165) is 21.8 Å². The van der Waals surface area contributed by atoms with E-state index in [1.807, 2.05) is 36.5 Å². The topological polar surface area (TPSA) is 90.1 Å². The molecule has 1 aromatic carbocycles. The number of para-hydroxylation sites is 1. The molecule has 0 fully saturated rings. The quantitative estimate of drug-likeness (QED) is 0.712. The molecule has 1 unspecified atom stereocenters. The number of allylic oxidation sites excluding steroid dienone is 1. The largest absolute Gasteiger partial charge is 0.357 e. The maximum absolute atomic E-state index is 9.70. The summed E-state index contributed by atoms with van der Waals surface area (Å²) in [6.07, 6.45) is 7.38. The number of aliphatic imine (C=N–C) groups is 1. The number of rotatable bonds is 6. The fourth-order valence-corrected chi connectivity index (χ4v) is 3.78. The van der Waals surface area contributed by atoms with Gasteiger partial charge in [0.15, 0.2) is 0 Å². The number of nitrogens with zero attached hydrogens (tertiary/aromatic N) is 6. The second-order valence-electron chi connectivity index (χ2n) is 5.94. The van der Waals surface area contributed by atoms with Gasteiger partial charge in [0.05, 0.1) is 22.0 Å². The number of fused-ring (bicyclic) bond motifs is 1. The van der Waals surface area contributed by atoms with Gasteiger partial charge in [-0.25, -0.2) is 15.0 Å². The predicted molar refractivity (Wildman–Crippen MR) is 107 cm³/mol. The first-order chi connectivity index (χ1) is 13.3. The summed E-state index contributed by atoms with van der Waals surface area (Å²) in [5, 5.41) is 13.7. The average Bonchev–Trinajstić information content (AvgIpc) is 3.13. The fraction of sp³-hybridized carbons (Fsp3) is 0.211. The lowest BCUT2D eigenvalue weighted by Crippen LogP contribution is -2.26. The minimum Gasteiger partial charge on any atom is -0.357 e. The molecule has 0 radical (unpaired) electrons. The van der Waals surface area contributed by atoms with E-state index in [9.17, 15) is 5.26 Å². The number of hydrogen-bond acceptors (Lipinski definition) is 8. The summed E-state index contributed by atoms with van der Waals surface area (Å²) in [5.74, 6) is 0.00339. The number of thiazole rings is 1. The van der Waals surface area contributed by atoms with E-state index in [1.165, 1.54) is 11.3 Å². The van der Waals surface area contributed by atoms with E-state index in [0.29, 0.717) is 24.9 Å². The van der Waals surface area contributed by atoms with Crippen LogP contribution in [0, 0.1) is 11.3 Å². The molecule has 1 aliphatic rings. The van der Waals surface area contributed by atoms with Crippen molar-refractivity contribution in [2.75, 3.05) is 25.1 Å².